The number of fused-ring (bicyclic) bond motifs is 1. The van der Waals surface area contributed by atoms with E-state index >= 15 is 0 Å². The number of nitrogens with zero attached hydrogens (tertiary/aromatic N) is 2. The zero-order valence-corrected chi connectivity index (χ0v) is 16.9. The Labute approximate surface area is 167 Å². The van der Waals surface area contributed by atoms with Crippen LogP contribution in [-0.2, 0) is 23.6 Å². The first kappa shape index (κ1) is 20.6. The van der Waals surface area contributed by atoms with Gasteiger partial charge in [-0.15, -0.1) is 0 Å². The molecule has 1 aromatic heterocycles. The molecule has 1 aliphatic rings. The summed E-state index contributed by atoms with van der Waals surface area (Å²) >= 11 is 0. The number of rotatable bonds is 4. The van der Waals surface area contributed by atoms with Crippen molar-refractivity contribution >= 4 is 11.8 Å². The second kappa shape index (κ2) is 7.69. The second-order valence-electron chi connectivity index (χ2n) is 7.65. The molecular formula is C21H24FN3O4. The first-order chi connectivity index (χ1) is 13.6. The van der Waals surface area contributed by atoms with Gasteiger partial charge in [-0.2, -0.15) is 0 Å². The van der Waals surface area contributed by atoms with Crippen molar-refractivity contribution in [3.8, 4) is 0 Å². The van der Waals surface area contributed by atoms with Crippen molar-refractivity contribution in [3.63, 3.8) is 0 Å². The van der Waals surface area contributed by atoms with Crippen LogP contribution in [0.5, 0.6) is 0 Å². The third-order valence-electron chi connectivity index (χ3n) is 5.02. The van der Waals surface area contributed by atoms with Gasteiger partial charge in [0, 0.05) is 25.7 Å². The molecule has 2 heterocycles. The Morgan fingerprint density at radius 2 is 1.97 bits per heavy atom. The standard InChI is InChI=1S/C21H24FN3O4/c1-11(2)10-29-20(27)15-12(3)23-18-17(19(26)25(5)21(28)24(18)4)16(15)13-7-6-8-14(22)9-13/h6-9,11,15-16,23H,3,10H2,1-2,4-5H3/t15-,16+/m0/s1. The quantitative estimate of drug-likeness (QED) is 0.794. The topological polar surface area (TPSA) is 82.3 Å². The van der Waals surface area contributed by atoms with Gasteiger partial charge in [0.05, 0.1) is 12.2 Å². The summed E-state index contributed by atoms with van der Waals surface area (Å²) in [6.45, 7) is 7.96. The first-order valence-electron chi connectivity index (χ1n) is 9.31. The highest BCUT2D eigenvalue weighted by Gasteiger charge is 2.42. The number of nitrogens with one attached hydrogen (secondary N) is 1. The van der Waals surface area contributed by atoms with Gasteiger partial charge in [-0.25, -0.2) is 9.18 Å². The maximum atomic E-state index is 14.0. The van der Waals surface area contributed by atoms with Crippen LogP contribution in [0.4, 0.5) is 10.2 Å². The third kappa shape index (κ3) is 3.62. The van der Waals surface area contributed by atoms with Crippen LogP contribution in [0.1, 0.15) is 30.9 Å². The molecule has 7 nitrogen and oxygen atoms in total. The van der Waals surface area contributed by atoms with Gasteiger partial charge in [-0.05, 0) is 23.6 Å². The van der Waals surface area contributed by atoms with E-state index < -0.39 is 34.9 Å². The molecule has 2 atom stereocenters. The fourth-order valence-electron chi connectivity index (χ4n) is 3.58. The number of hydrogen-bond acceptors (Lipinski definition) is 5. The van der Waals surface area contributed by atoms with Crippen molar-refractivity contribution < 1.29 is 13.9 Å². The van der Waals surface area contributed by atoms with Crippen LogP contribution in [0.3, 0.4) is 0 Å². The van der Waals surface area contributed by atoms with E-state index in [9.17, 15) is 18.8 Å². The van der Waals surface area contributed by atoms with E-state index in [0.29, 0.717) is 5.56 Å². The molecule has 1 aromatic carbocycles. The van der Waals surface area contributed by atoms with Gasteiger partial charge >= 0.3 is 11.7 Å². The first-order valence-corrected chi connectivity index (χ1v) is 9.31. The van der Waals surface area contributed by atoms with Gasteiger partial charge < -0.3 is 10.1 Å². The minimum atomic E-state index is -0.951. The predicted molar refractivity (Wildman–Crippen MR) is 107 cm³/mol. The zero-order chi connectivity index (χ0) is 21.5. The number of anilines is 1. The van der Waals surface area contributed by atoms with Crippen LogP contribution in [-0.4, -0.2) is 21.7 Å². The van der Waals surface area contributed by atoms with Crippen molar-refractivity contribution in [1.82, 2.24) is 9.13 Å². The summed E-state index contributed by atoms with van der Waals surface area (Å²) in [5, 5.41) is 2.93. The van der Waals surface area contributed by atoms with Crippen molar-refractivity contribution in [2.45, 2.75) is 19.8 Å². The number of carbonyl (C=O) groups is 1. The van der Waals surface area contributed by atoms with Crippen molar-refractivity contribution in [1.29, 1.82) is 0 Å². The minimum Gasteiger partial charge on any atom is -0.465 e. The summed E-state index contributed by atoms with van der Waals surface area (Å²) in [5.74, 6) is -2.49. The Bertz CT molecular complexity index is 1100. The van der Waals surface area contributed by atoms with Gasteiger partial charge in [0.1, 0.15) is 17.6 Å². The Morgan fingerprint density at radius 1 is 1.28 bits per heavy atom. The maximum Gasteiger partial charge on any atom is 0.332 e. The molecule has 0 bridgehead atoms. The van der Waals surface area contributed by atoms with Crippen molar-refractivity contribution in [3.05, 3.63) is 74.3 Å². The Kier molecular flexibility index (Phi) is 5.46. The van der Waals surface area contributed by atoms with E-state index in [1.165, 1.54) is 36.9 Å². The minimum absolute atomic E-state index is 0.123. The molecule has 29 heavy (non-hydrogen) atoms. The lowest BCUT2D eigenvalue weighted by atomic mass is 9.77. The lowest BCUT2D eigenvalue weighted by molar-refractivity contribution is -0.148. The van der Waals surface area contributed by atoms with E-state index in [1.54, 1.807) is 6.07 Å². The molecule has 0 saturated heterocycles. The molecule has 8 heteroatoms. The number of ether oxygens (including phenoxy) is 1. The van der Waals surface area contributed by atoms with Crippen LogP contribution in [0.15, 0.2) is 46.1 Å². The fraction of sp³-hybridized carbons (Fsp3) is 0.381. The molecule has 2 aromatic rings. The molecule has 0 radical (unpaired) electrons. The molecule has 0 fully saturated rings. The van der Waals surface area contributed by atoms with Crippen molar-refractivity contribution in [2.24, 2.45) is 25.9 Å². The molecule has 0 spiro atoms. The van der Waals surface area contributed by atoms with E-state index in [2.05, 4.69) is 11.9 Å². The summed E-state index contributed by atoms with van der Waals surface area (Å²) in [6.07, 6.45) is 0. The normalized spacial score (nSPS) is 18.3. The summed E-state index contributed by atoms with van der Waals surface area (Å²) in [7, 11) is 2.88. The van der Waals surface area contributed by atoms with Gasteiger partial charge in [0.2, 0.25) is 0 Å². The monoisotopic (exact) mass is 401 g/mol. The third-order valence-corrected chi connectivity index (χ3v) is 5.02. The SMILES string of the molecule is C=C1Nc2c(c(=O)n(C)c(=O)n2C)[C@H](c2cccc(F)c2)[C@H]1C(=O)OCC(C)C. The number of halogens is 1. The average molecular weight is 401 g/mol. The zero-order valence-electron chi connectivity index (χ0n) is 16.9. The molecular weight excluding hydrogens is 377 g/mol. The number of benzene rings is 1. The second-order valence-corrected chi connectivity index (χ2v) is 7.65. The van der Waals surface area contributed by atoms with Gasteiger partial charge in [0.25, 0.3) is 5.56 Å². The summed E-state index contributed by atoms with van der Waals surface area (Å²) in [5.41, 5.74) is -0.175. The predicted octanol–water partition coefficient (Wildman–Crippen LogP) is 2.11. The molecule has 1 N–H and O–H groups in total. The van der Waals surface area contributed by atoms with E-state index in [4.69, 9.17) is 4.74 Å². The molecule has 0 aliphatic carbocycles. The molecule has 1 aliphatic heterocycles. The summed E-state index contributed by atoms with van der Waals surface area (Å²) in [6, 6.07) is 5.72. The Morgan fingerprint density at radius 3 is 2.59 bits per heavy atom. The van der Waals surface area contributed by atoms with E-state index in [0.717, 1.165) is 4.57 Å². The summed E-state index contributed by atoms with van der Waals surface area (Å²) in [4.78, 5) is 38.3. The smallest absolute Gasteiger partial charge is 0.332 e. The van der Waals surface area contributed by atoms with Crippen LogP contribution in [0.2, 0.25) is 0 Å². The lowest BCUT2D eigenvalue weighted by Crippen LogP contribution is -2.46. The molecule has 0 unspecified atom stereocenters. The molecule has 3 rings (SSSR count). The highest BCUT2D eigenvalue weighted by molar-refractivity contribution is 5.81. The van der Waals surface area contributed by atoms with Crippen LogP contribution < -0.4 is 16.6 Å². The largest absolute Gasteiger partial charge is 0.465 e. The van der Waals surface area contributed by atoms with Gasteiger partial charge in [0.15, 0.2) is 0 Å². The summed E-state index contributed by atoms with van der Waals surface area (Å²) < 4.78 is 21.7. The highest BCUT2D eigenvalue weighted by Crippen LogP contribution is 2.42. The lowest BCUT2D eigenvalue weighted by Gasteiger charge is -2.35. The Hall–Kier alpha value is -3.16. The van der Waals surface area contributed by atoms with Gasteiger partial charge in [-0.3, -0.25) is 18.7 Å². The number of hydrogen-bond donors (Lipinski definition) is 1. The number of esters is 1. The van der Waals surface area contributed by atoms with Crippen LogP contribution >= 0.6 is 0 Å². The molecule has 154 valence electrons. The number of carbonyl (C=O) groups excluding carboxylic acids is 1. The van der Waals surface area contributed by atoms with Crippen LogP contribution in [0, 0.1) is 17.7 Å². The highest BCUT2D eigenvalue weighted by atomic mass is 19.1. The molecule has 0 saturated carbocycles. The Balaban J connectivity index is 2.27. The van der Waals surface area contributed by atoms with E-state index in [-0.39, 0.29) is 29.6 Å². The van der Waals surface area contributed by atoms with E-state index in [1.807, 2.05) is 13.8 Å². The molecule has 0 amide bonds. The van der Waals surface area contributed by atoms with Crippen molar-refractivity contribution in [2.75, 3.05) is 11.9 Å². The average Bonchev–Trinajstić information content (AvgIpc) is 2.67. The fourth-order valence-corrected chi connectivity index (χ4v) is 3.58. The van der Waals surface area contributed by atoms with Gasteiger partial charge in [-0.1, -0.05) is 32.6 Å². The maximum absolute atomic E-state index is 14.0. The van der Waals surface area contributed by atoms with Crippen LogP contribution in [0.25, 0.3) is 0 Å². The number of aromatic nitrogens is 2.